The maximum atomic E-state index is 13.4. The molecule has 50 heavy (non-hydrogen) atoms. The van der Waals surface area contributed by atoms with Crippen molar-refractivity contribution in [1.82, 2.24) is 34.4 Å². The number of fused-ring (bicyclic) bond motifs is 1. The van der Waals surface area contributed by atoms with E-state index in [4.69, 9.17) is 15.6 Å². The molecule has 4 bridgehead atoms. The summed E-state index contributed by atoms with van der Waals surface area (Å²) in [5.41, 5.74) is 9.37. The number of hydrogen-bond donors (Lipinski definition) is 1. The number of nitrogens with zero attached hydrogens (tertiary/aromatic N) is 7. The molecule has 0 spiro atoms. The lowest BCUT2D eigenvalue weighted by Gasteiger charge is -2.58. The summed E-state index contributed by atoms with van der Waals surface area (Å²) in [7, 11) is 0. The van der Waals surface area contributed by atoms with Crippen LogP contribution in [0.25, 0.3) is 22.3 Å². The molecule has 2 N–H and O–H groups in total. The van der Waals surface area contributed by atoms with E-state index in [1.54, 1.807) is 6.33 Å². The number of carbonyl (C=O) groups excluding carboxylic acids is 1. The van der Waals surface area contributed by atoms with Crippen LogP contribution in [-0.2, 0) is 4.79 Å². The number of piperidine rings is 1. The van der Waals surface area contributed by atoms with E-state index in [-0.39, 0.29) is 6.04 Å². The van der Waals surface area contributed by atoms with Crippen LogP contribution in [0.4, 0.5) is 5.82 Å². The molecule has 260 valence electrons. The molecule has 5 heterocycles. The Labute approximate surface area is 294 Å². The predicted molar refractivity (Wildman–Crippen MR) is 192 cm³/mol. The summed E-state index contributed by atoms with van der Waals surface area (Å²) in [4.78, 5) is 29.8. The summed E-state index contributed by atoms with van der Waals surface area (Å²) in [5.74, 6) is 5.21. The Morgan fingerprint density at radius 3 is 2.10 bits per heavy atom. The van der Waals surface area contributed by atoms with Gasteiger partial charge in [-0.1, -0.05) is 18.2 Å². The van der Waals surface area contributed by atoms with Gasteiger partial charge in [-0.05, 0) is 111 Å². The number of rotatable bonds is 8. The fourth-order valence-corrected chi connectivity index (χ4v) is 11.1. The molecule has 10 nitrogen and oxygen atoms in total. The SMILES string of the molecule is Nc1ncnc2c1c(-c1ccc(Oc3ccccc3)cc1)nn2C1CCN(C2CN(C3CN(C(=O)CC45CC6CC(CC(C6)C4)C5)C3)C2)CC1. The summed E-state index contributed by atoms with van der Waals surface area (Å²) in [6, 6.07) is 19.2. The lowest BCUT2D eigenvalue weighted by molar-refractivity contribution is -0.149. The minimum absolute atomic E-state index is 0.258. The highest BCUT2D eigenvalue weighted by atomic mass is 16.5. The number of carbonyl (C=O) groups is 1. The van der Waals surface area contributed by atoms with Crippen molar-refractivity contribution in [3.05, 3.63) is 60.9 Å². The van der Waals surface area contributed by atoms with E-state index >= 15 is 0 Å². The molecule has 7 fully saturated rings. The van der Waals surface area contributed by atoms with E-state index in [1.807, 2.05) is 54.6 Å². The maximum Gasteiger partial charge on any atom is 0.223 e. The summed E-state index contributed by atoms with van der Waals surface area (Å²) in [6.07, 6.45) is 12.7. The van der Waals surface area contributed by atoms with Gasteiger partial charge in [-0.3, -0.25) is 14.6 Å². The number of likely N-dealkylation sites (tertiary alicyclic amines) is 3. The van der Waals surface area contributed by atoms with E-state index < -0.39 is 0 Å². The average Bonchev–Trinajstić information content (AvgIpc) is 3.46. The van der Waals surface area contributed by atoms with Crippen LogP contribution < -0.4 is 10.5 Å². The number of anilines is 1. The highest BCUT2D eigenvalue weighted by Gasteiger charge is 2.52. The van der Waals surface area contributed by atoms with E-state index in [0.29, 0.717) is 29.2 Å². The van der Waals surface area contributed by atoms with Crippen LogP contribution in [0.5, 0.6) is 11.5 Å². The minimum Gasteiger partial charge on any atom is -0.457 e. The van der Waals surface area contributed by atoms with Crippen LogP contribution >= 0.6 is 0 Å². The smallest absolute Gasteiger partial charge is 0.223 e. The average molecular weight is 673 g/mol. The molecule has 11 rings (SSSR count). The number of nitrogens with two attached hydrogens (primary N) is 1. The first-order chi connectivity index (χ1) is 24.4. The number of aromatic nitrogens is 4. The second-order valence-electron chi connectivity index (χ2n) is 16.6. The van der Waals surface area contributed by atoms with Crippen molar-refractivity contribution in [2.24, 2.45) is 23.2 Å². The number of hydrogen-bond acceptors (Lipinski definition) is 8. The van der Waals surface area contributed by atoms with Gasteiger partial charge in [0.15, 0.2) is 5.65 Å². The number of amides is 1. The summed E-state index contributed by atoms with van der Waals surface area (Å²) < 4.78 is 8.11. The first-order valence-corrected chi connectivity index (χ1v) is 19.0. The van der Waals surface area contributed by atoms with Gasteiger partial charge in [0.1, 0.15) is 29.3 Å². The lowest BCUT2D eigenvalue weighted by Crippen LogP contribution is -2.70. The van der Waals surface area contributed by atoms with E-state index in [0.717, 1.165) is 110 Å². The Hall–Kier alpha value is -4.02. The van der Waals surface area contributed by atoms with Gasteiger partial charge >= 0.3 is 0 Å². The molecule has 0 atom stereocenters. The van der Waals surface area contributed by atoms with Crippen molar-refractivity contribution in [3.63, 3.8) is 0 Å². The van der Waals surface area contributed by atoms with Gasteiger partial charge in [0.2, 0.25) is 5.91 Å². The minimum atomic E-state index is 0.258. The van der Waals surface area contributed by atoms with Crippen molar-refractivity contribution in [2.45, 2.75) is 75.9 Å². The molecule has 0 radical (unpaired) electrons. The van der Waals surface area contributed by atoms with Crippen LogP contribution in [-0.4, -0.2) is 91.7 Å². The van der Waals surface area contributed by atoms with E-state index in [1.165, 1.54) is 38.5 Å². The Kier molecular flexibility index (Phi) is 7.42. The normalized spacial score (nSPS) is 29.0. The van der Waals surface area contributed by atoms with Crippen LogP contribution in [0.3, 0.4) is 0 Å². The van der Waals surface area contributed by atoms with Gasteiger partial charge in [0.25, 0.3) is 0 Å². The van der Waals surface area contributed by atoms with Crippen LogP contribution in [0, 0.1) is 23.2 Å². The molecule has 1 amide bonds. The quantitative estimate of drug-likeness (QED) is 0.243. The first kappa shape index (κ1) is 30.8. The number of ether oxygens (including phenoxy) is 1. The number of nitrogen functional groups attached to an aromatic ring is 1. The largest absolute Gasteiger partial charge is 0.457 e. The number of para-hydroxylation sites is 1. The monoisotopic (exact) mass is 672 g/mol. The van der Waals surface area contributed by atoms with Crippen LogP contribution in [0.15, 0.2) is 60.9 Å². The molecule has 4 aliphatic carbocycles. The zero-order chi connectivity index (χ0) is 33.4. The third-order valence-electron chi connectivity index (χ3n) is 13.3. The van der Waals surface area contributed by atoms with E-state index in [9.17, 15) is 4.79 Å². The highest BCUT2D eigenvalue weighted by Crippen LogP contribution is 2.61. The first-order valence-electron chi connectivity index (χ1n) is 19.0. The molecule has 2 aromatic carbocycles. The van der Waals surface area contributed by atoms with E-state index in [2.05, 4.69) is 29.3 Å². The molecule has 3 aliphatic heterocycles. The zero-order valence-electron chi connectivity index (χ0n) is 28.9. The molecule has 10 heteroatoms. The van der Waals surface area contributed by atoms with Gasteiger partial charge in [0, 0.05) is 63.3 Å². The van der Waals surface area contributed by atoms with Gasteiger partial charge in [-0.15, -0.1) is 0 Å². The van der Waals surface area contributed by atoms with Crippen molar-refractivity contribution in [2.75, 3.05) is 45.0 Å². The van der Waals surface area contributed by atoms with Crippen LogP contribution in [0.1, 0.15) is 63.8 Å². The molecule has 2 aromatic heterocycles. The molecule has 7 aliphatic rings. The third kappa shape index (κ3) is 5.46. The van der Waals surface area contributed by atoms with Crippen molar-refractivity contribution in [3.8, 4) is 22.8 Å². The Balaban J connectivity index is 0.736. The third-order valence-corrected chi connectivity index (χ3v) is 13.3. The summed E-state index contributed by atoms with van der Waals surface area (Å²) >= 11 is 0. The molecule has 4 saturated carbocycles. The molecule has 0 unspecified atom stereocenters. The van der Waals surface area contributed by atoms with Gasteiger partial charge < -0.3 is 15.4 Å². The van der Waals surface area contributed by atoms with Gasteiger partial charge in [-0.25, -0.2) is 14.6 Å². The maximum absolute atomic E-state index is 13.4. The standard InChI is InChI=1S/C40H48N8O2/c41-38-36-37(29-6-8-34(9-7-29)50-33-4-2-1-3-5-33)44-48(39(36)43-25-42-38)30-10-12-45(13-11-30)31-21-46(22-31)32-23-47(24-32)35(49)20-40-17-26-14-27(18-40)16-28(15-26)19-40/h1-9,25-28,30-32H,10-24H2,(H2,41,42,43). The highest BCUT2D eigenvalue weighted by molar-refractivity contribution is 5.98. The summed E-state index contributed by atoms with van der Waals surface area (Å²) in [6.45, 7) is 6.20. The Morgan fingerprint density at radius 1 is 0.780 bits per heavy atom. The second-order valence-corrected chi connectivity index (χ2v) is 16.6. The van der Waals surface area contributed by atoms with Crippen molar-refractivity contribution >= 4 is 22.8 Å². The van der Waals surface area contributed by atoms with Crippen molar-refractivity contribution < 1.29 is 9.53 Å². The van der Waals surface area contributed by atoms with Crippen LogP contribution in [0.2, 0.25) is 0 Å². The fraction of sp³-hybridized carbons (Fsp3) is 0.550. The molecular weight excluding hydrogens is 624 g/mol. The van der Waals surface area contributed by atoms with Crippen molar-refractivity contribution in [1.29, 1.82) is 0 Å². The second kappa shape index (κ2) is 12.0. The number of benzene rings is 2. The molecule has 3 saturated heterocycles. The Morgan fingerprint density at radius 2 is 1.42 bits per heavy atom. The summed E-state index contributed by atoms with van der Waals surface area (Å²) in [5, 5.41) is 5.94. The predicted octanol–water partition coefficient (Wildman–Crippen LogP) is 6.01. The topological polar surface area (TPSA) is 106 Å². The fourth-order valence-electron chi connectivity index (χ4n) is 11.1. The molecule has 4 aromatic rings. The lowest BCUT2D eigenvalue weighted by atomic mass is 9.49. The zero-order valence-corrected chi connectivity index (χ0v) is 28.9. The molecular formula is C40H48N8O2. The Bertz CT molecular complexity index is 1840. The van der Waals surface area contributed by atoms with Gasteiger partial charge in [-0.2, -0.15) is 5.10 Å². The van der Waals surface area contributed by atoms with Gasteiger partial charge in [0.05, 0.1) is 11.4 Å².